The van der Waals surface area contributed by atoms with Crippen molar-refractivity contribution in [2.24, 2.45) is 0 Å². The number of rotatable bonds is 8. The number of alkyl halides is 3. The van der Waals surface area contributed by atoms with Crippen molar-refractivity contribution in [1.82, 2.24) is 5.32 Å². The monoisotopic (exact) mass is 550 g/mol. The van der Waals surface area contributed by atoms with E-state index in [0.29, 0.717) is 12.5 Å². The highest BCUT2D eigenvalue weighted by atomic mass is 32.2. The fraction of sp³-hybridized carbons (Fsp3) is 0.296. The van der Waals surface area contributed by atoms with E-state index >= 15 is 0 Å². The van der Waals surface area contributed by atoms with Crippen LogP contribution in [0, 0.1) is 5.82 Å². The number of sulfonamides is 1. The van der Waals surface area contributed by atoms with Crippen molar-refractivity contribution >= 4 is 21.6 Å². The molecule has 4 rings (SSSR count). The number of carbonyl (C=O) groups excluding carboxylic acids is 1. The lowest BCUT2D eigenvalue weighted by atomic mass is 9.86. The molecule has 0 saturated heterocycles. The molecule has 3 aromatic carbocycles. The molecule has 6 nitrogen and oxygen atoms in total. The maximum absolute atomic E-state index is 13.5. The van der Waals surface area contributed by atoms with Gasteiger partial charge < -0.3 is 10.4 Å². The lowest BCUT2D eigenvalue weighted by Crippen LogP contribution is -2.37. The van der Waals surface area contributed by atoms with Gasteiger partial charge in [-0.15, -0.1) is 0 Å². The number of carbonyl (C=O) groups is 1. The minimum absolute atomic E-state index is 0.0103. The number of aliphatic hydroxyl groups is 1. The van der Waals surface area contributed by atoms with Gasteiger partial charge in [-0.05, 0) is 78.4 Å². The molecule has 202 valence electrons. The number of fused-ring (bicyclic) bond motifs is 1. The van der Waals surface area contributed by atoms with E-state index in [1.54, 1.807) is 6.07 Å². The van der Waals surface area contributed by atoms with Gasteiger partial charge in [0.2, 0.25) is 5.91 Å². The minimum atomic E-state index is -4.75. The fourth-order valence-electron chi connectivity index (χ4n) is 4.54. The van der Waals surface area contributed by atoms with Gasteiger partial charge in [-0.1, -0.05) is 24.3 Å². The van der Waals surface area contributed by atoms with Crippen molar-refractivity contribution in [3.05, 3.63) is 94.8 Å². The standard InChI is InChI=1S/C27H26F4N2O4S/c28-21-8-10-22(11-9-21)33(38(36,37)23-5-2-4-20(16-23)27(29,30)31)14-13-26(35)32-25-6-1-3-19-15-18(17-34)7-12-24(19)25/h2,4-5,7-12,15-16,25,34H,1,3,6,13-14,17H2,(H,32,35)/t25-/m1/s1. The molecule has 1 atom stereocenters. The Bertz CT molecular complexity index is 1410. The Kier molecular flexibility index (Phi) is 8.08. The zero-order valence-corrected chi connectivity index (χ0v) is 21.0. The number of anilines is 1. The molecule has 11 heteroatoms. The Hall–Kier alpha value is -3.44. The summed E-state index contributed by atoms with van der Waals surface area (Å²) in [7, 11) is -4.53. The third-order valence-electron chi connectivity index (χ3n) is 6.45. The van der Waals surface area contributed by atoms with E-state index in [1.165, 1.54) is 12.1 Å². The molecule has 0 aliphatic heterocycles. The van der Waals surface area contributed by atoms with Gasteiger partial charge in [-0.25, -0.2) is 12.8 Å². The van der Waals surface area contributed by atoms with Gasteiger partial charge in [0.1, 0.15) is 5.82 Å². The number of hydrogen-bond acceptors (Lipinski definition) is 4. The Morgan fingerprint density at radius 2 is 1.79 bits per heavy atom. The van der Waals surface area contributed by atoms with Crippen molar-refractivity contribution in [3.8, 4) is 0 Å². The fourth-order valence-corrected chi connectivity index (χ4v) is 6.05. The van der Waals surface area contributed by atoms with Crippen LogP contribution in [0.25, 0.3) is 0 Å². The zero-order chi connectivity index (χ0) is 27.5. The molecule has 0 aromatic heterocycles. The van der Waals surface area contributed by atoms with E-state index in [2.05, 4.69) is 5.32 Å². The second-order valence-corrected chi connectivity index (χ2v) is 10.9. The number of aryl methyl sites for hydroxylation is 1. The quantitative estimate of drug-likeness (QED) is 0.382. The molecule has 0 unspecified atom stereocenters. The van der Waals surface area contributed by atoms with Crippen LogP contribution in [-0.4, -0.2) is 26.0 Å². The molecular weight excluding hydrogens is 524 g/mol. The lowest BCUT2D eigenvalue weighted by molar-refractivity contribution is -0.137. The summed E-state index contributed by atoms with van der Waals surface area (Å²) in [5.74, 6) is -1.07. The summed E-state index contributed by atoms with van der Waals surface area (Å²) in [6.07, 6.45) is -2.72. The Morgan fingerprint density at radius 3 is 2.47 bits per heavy atom. The Labute approximate surface area is 218 Å². The second kappa shape index (κ2) is 11.1. The van der Waals surface area contributed by atoms with Crippen LogP contribution in [0.4, 0.5) is 23.2 Å². The number of hydrogen-bond donors (Lipinski definition) is 2. The molecule has 3 aromatic rings. The summed E-state index contributed by atoms with van der Waals surface area (Å²) in [6, 6.07) is 13.0. The molecule has 0 saturated carbocycles. The van der Waals surface area contributed by atoms with E-state index in [9.17, 15) is 35.9 Å². The molecule has 0 radical (unpaired) electrons. The van der Waals surface area contributed by atoms with E-state index in [1.807, 2.05) is 12.1 Å². The third kappa shape index (κ3) is 6.16. The van der Waals surface area contributed by atoms with Gasteiger partial charge in [-0.3, -0.25) is 9.10 Å². The van der Waals surface area contributed by atoms with E-state index in [-0.39, 0.29) is 31.3 Å². The molecule has 1 amide bonds. The molecule has 0 fully saturated rings. The SMILES string of the molecule is O=C(CCN(c1ccc(F)cc1)S(=O)(=O)c1cccc(C(F)(F)F)c1)N[C@@H]1CCCc2cc(CO)ccc21. The van der Waals surface area contributed by atoms with Crippen LogP contribution in [0.5, 0.6) is 0 Å². The summed E-state index contributed by atoms with van der Waals surface area (Å²) in [5, 5.41) is 12.3. The first-order valence-corrected chi connectivity index (χ1v) is 13.4. The number of aliphatic hydroxyl groups excluding tert-OH is 1. The number of nitrogens with zero attached hydrogens (tertiary/aromatic N) is 1. The minimum Gasteiger partial charge on any atom is -0.392 e. The van der Waals surface area contributed by atoms with Crippen molar-refractivity contribution < 1.29 is 35.9 Å². The molecule has 1 aliphatic carbocycles. The molecular formula is C27H26F4N2O4S. The number of halogens is 4. The first kappa shape index (κ1) is 27.6. The summed E-state index contributed by atoms with van der Waals surface area (Å²) >= 11 is 0. The van der Waals surface area contributed by atoms with Gasteiger partial charge in [0.05, 0.1) is 28.8 Å². The predicted molar refractivity (Wildman–Crippen MR) is 133 cm³/mol. The zero-order valence-electron chi connectivity index (χ0n) is 20.2. The van der Waals surface area contributed by atoms with Crippen LogP contribution in [0.15, 0.2) is 71.6 Å². The maximum Gasteiger partial charge on any atom is 0.416 e. The summed E-state index contributed by atoms with van der Waals surface area (Å²) in [6.45, 7) is -0.469. The molecule has 0 heterocycles. The van der Waals surface area contributed by atoms with Gasteiger partial charge in [-0.2, -0.15) is 13.2 Å². The number of amides is 1. The highest BCUT2D eigenvalue weighted by Crippen LogP contribution is 2.33. The summed E-state index contributed by atoms with van der Waals surface area (Å²) in [4.78, 5) is 12.3. The average molecular weight is 551 g/mol. The van der Waals surface area contributed by atoms with Crippen molar-refractivity contribution in [1.29, 1.82) is 0 Å². The Balaban J connectivity index is 1.56. The summed E-state index contributed by atoms with van der Waals surface area (Å²) < 4.78 is 80.9. The first-order chi connectivity index (χ1) is 18.0. The molecule has 0 bridgehead atoms. The maximum atomic E-state index is 13.5. The number of benzene rings is 3. The lowest BCUT2D eigenvalue weighted by Gasteiger charge is -2.28. The van der Waals surface area contributed by atoms with E-state index in [0.717, 1.165) is 64.2 Å². The molecule has 0 spiro atoms. The van der Waals surface area contributed by atoms with E-state index in [4.69, 9.17) is 0 Å². The molecule has 2 N–H and O–H groups in total. The van der Waals surface area contributed by atoms with Crippen LogP contribution in [0.2, 0.25) is 0 Å². The van der Waals surface area contributed by atoms with Crippen molar-refractivity contribution in [2.45, 2.75) is 49.4 Å². The van der Waals surface area contributed by atoms with Crippen LogP contribution < -0.4 is 9.62 Å². The smallest absolute Gasteiger partial charge is 0.392 e. The van der Waals surface area contributed by atoms with Crippen LogP contribution in [-0.2, 0) is 34.0 Å². The highest BCUT2D eigenvalue weighted by Gasteiger charge is 2.33. The normalized spacial score (nSPS) is 15.6. The summed E-state index contributed by atoms with van der Waals surface area (Å²) in [5.41, 5.74) is 1.60. The highest BCUT2D eigenvalue weighted by molar-refractivity contribution is 7.92. The van der Waals surface area contributed by atoms with Gasteiger partial charge in [0.25, 0.3) is 10.0 Å². The Morgan fingerprint density at radius 1 is 1.05 bits per heavy atom. The van der Waals surface area contributed by atoms with Crippen LogP contribution >= 0.6 is 0 Å². The van der Waals surface area contributed by atoms with Crippen LogP contribution in [0.3, 0.4) is 0 Å². The van der Waals surface area contributed by atoms with Gasteiger partial charge in [0, 0.05) is 13.0 Å². The third-order valence-corrected chi connectivity index (χ3v) is 8.27. The van der Waals surface area contributed by atoms with Crippen molar-refractivity contribution in [2.75, 3.05) is 10.8 Å². The molecule has 38 heavy (non-hydrogen) atoms. The average Bonchev–Trinajstić information content (AvgIpc) is 2.89. The van der Waals surface area contributed by atoms with E-state index < -0.39 is 38.4 Å². The topological polar surface area (TPSA) is 86.7 Å². The predicted octanol–water partition coefficient (Wildman–Crippen LogP) is 5.12. The van der Waals surface area contributed by atoms with Crippen LogP contribution in [0.1, 0.15) is 47.6 Å². The van der Waals surface area contributed by atoms with Gasteiger partial charge >= 0.3 is 6.18 Å². The largest absolute Gasteiger partial charge is 0.416 e. The first-order valence-electron chi connectivity index (χ1n) is 12.0. The second-order valence-electron chi connectivity index (χ2n) is 9.03. The van der Waals surface area contributed by atoms with Gasteiger partial charge in [0.15, 0.2) is 0 Å². The van der Waals surface area contributed by atoms with Crippen molar-refractivity contribution in [3.63, 3.8) is 0 Å². The molecule has 1 aliphatic rings. The number of nitrogens with one attached hydrogen (secondary N) is 1.